The number of carbonyl (C=O) groups excluding carboxylic acids is 2. The molecule has 0 spiro atoms. The van der Waals surface area contributed by atoms with Crippen molar-refractivity contribution in [3.8, 4) is 5.75 Å². The van der Waals surface area contributed by atoms with Crippen molar-refractivity contribution < 1.29 is 28.5 Å². The van der Waals surface area contributed by atoms with Gasteiger partial charge in [0, 0.05) is 6.04 Å². The van der Waals surface area contributed by atoms with E-state index in [9.17, 15) is 9.59 Å². The normalized spacial score (nSPS) is 30.4. The molecule has 2 N–H and O–H groups in total. The minimum absolute atomic E-state index is 0.0370. The fourth-order valence-electron chi connectivity index (χ4n) is 5.07. The predicted octanol–water partition coefficient (Wildman–Crippen LogP) is 1.96. The Balaban J connectivity index is 1.24. The van der Waals surface area contributed by atoms with E-state index in [0.29, 0.717) is 32.3 Å². The van der Waals surface area contributed by atoms with Gasteiger partial charge in [0.2, 0.25) is 0 Å². The Morgan fingerprint density at radius 2 is 2.00 bits per heavy atom. The van der Waals surface area contributed by atoms with E-state index in [4.69, 9.17) is 18.9 Å². The van der Waals surface area contributed by atoms with Crippen molar-refractivity contribution in [3.05, 3.63) is 29.8 Å². The number of rotatable bonds is 9. The smallest absolute Gasteiger partial charge is 0.251 e. The van der Waals surface area contributed by atoms with Crippen LogP contribution in [0.15, 0.2) is 24.3 Å². The average molecular weight is 461 g/mol. The first-order valence-corrected chi connectivity index (χ1v) is 12.2. The van der Waals surface area contributed by atoms with Gasteiger partial charge in [0.1, 0.15) is 12.4 Å². The van der Waals surface area contributed by atoms with Crippen LogP contribution >= 0.6 is 0 Å². The minimum atomic E-state index is -0.518. The summed E-state index contributed by atoms with van der Waals surface area (Å²) in [5, 5.41) is 6.67. The second-order valence-electron chi connectivity index (χ2n) is 9.07. The number of amides is 1. The van der Waals surface area contributed by atoms with Gasteiger partial charge in [0.15, 0.2) is 12.4 Å². The lowest BCUT2D eigenvalue weighted by Crippen LogP contribution is -2.58. The number of aldehydes is 1. The summed E-state index contributed by atoms with van der Waals surface area (Å²) in [6, 6.07) is 8.15. The van der Waals surface area contributed by atoms with Crippen molar-refractivity contribution in [2.45, 2.75) is 68.7 Å². The third-order valence-corrected chi connectivity index (χ3v) is 6.87. The van der Waals surface area contributed by atoms with Gasteiger partial charge in [0.05, 0.1) is 38.6 Å². The number of para-hydroxylation sites is 1. The first-order valence-electron chi connectivity index (χ1n) is 12.2. The molecule has 1 saturated carbocycles. The van der Waals surface area contributed by atoms with Crippen molar-refractivity contribution in [2.75, 3.05) is 39.6 Å². The molecule has 4 rings (SSSR count). The van der Waals surface area contributed by atoms with E-state index in [1.54, 1.807) is 0 Å². The molecule has 1 aromatic rings. The van der Waals surface area contributed by atoms with Crippen LogP contribution in [-0.2, 0) is 23.8 Å². The highest BCUT2D eigenvalue weighted by atomic mass is 16.6. The van der Waals surface area contributed by atoms with E-state index in [2.05, 4.69) is 16.7 Å². The van der Waals surface area contributed by atoms with Crippen LogP contribution in [0.5, 0.6) is 5.75 Å². The SMILES string of the molecule is O=CCOc1ccccc1C1CCC(OC[C@@H]2NCCC[C@@H]2NC(=O)[C@H]2COCCO2)CC1. The van der Waals surface area contributed by atoms with E-state index in [-0.39, 0.29) is 30.7 Å². The quantitative estimate of drug-likeness (QED) is 0.544. The van der Waals surface area contributed by atoms with Gasteiger partial charge >= 0.3 is 0 Å². The van der Waals surface area contributed by atoms with Crippen LogP contribution in [0.3, 0.4) is 0 Å². The average Bonchev–Trinajstić information content (AvgIpc) is 2.88. The molecule has 2 saturated heterocycles. The molecule has 3 aliphatic rings. The van der Waals surface area contributed by atoms with Crippen LogP contribution in [0.4, 0.5) is 0 Å². The maximum absolute atomic E-state index is 12.6. The molecule has 0 unspecified atom stereocenters. The number of benzene rings is 1. The number of hydrogen-bond acceptors (Lipinski definition) is 7. The maximum Gasteiger partial charge on any atom is 0.251 e. The van der Waals surface area contributed by atoms with Gasteiger partial charge in [0.25, 0.3) is 5.91 Å². The van der Waals surface area contributed by atoms with Gasteiger partial charge < -0.3 is 29.6 Å². The maximum atomic E-state index is 12.6. The Hall–Kier alpha value is -2.00. The lowest BCUT2D eigenvalue weighted by atomic mass is 9.82. The number of carbonyl (C=O) groups is 2. The summed E-state index contributed by atoms with van der Waals surface area (Å²) in [5.74, 6) is 1.14. The highest BCUT2D eigenvalue weighted by Crippen LogP contribution is 2.38. The zero-order chi connectivity index (χ0) is 22.9. The molecule has 2 aliphatic heterocycles. The van der Waals surface area contributed by atoms with E-state index in [1.165, 1.54) is 5.56 Å². The number of ether oxygens (including phenoxy) is 4. The molecule has 1 aliphatic carbocycles. The molecule has 2 heterocycles. The standard InChI is InChI=1S/C25H36N2O6/c28-12-13-31-23-6-2-1-4-20(23)18-7-9-19(10-8-18)33-16-22-21(5-3-11-26-22)27-25(29)24-17-30-14-15-32-24/h1-2,4,6,12,18-19,21-22,24,26H,3,5,7-11,13-17H2,(H,27,29)/t18?,19?,21-,22-,24+/m0/s1. The molecule has 1 amide bonds. The molecule has 3 atom stereocenters. The molecule has 8 heteroatoms. The van der Waals surface area contributed by atoms with Crippen LogP contribution in [0.1, 0.15) is 50.0 Å². The van der Waals surface area contributed by atoms with E-state index >= 15 is 0 Å². The number of nitrogens with one attached hydrogen (secondary N) is 2. The second kappa shape index (κ2) is 12.5. The van der Waals surface area contributed by atoms with Gasteiger partial charge in [-0.25, -0.2) is 0 Å². The summed E-state index contributed by atoms with van der Waals surface area (Å²) >= 11 is 0. The molecule has 0 bridgehead atoms. The van der Waals surface area contributed by atoms with Gasteiger partial charge in [-0.05, 0) is 62.6 Å². The molecule has 182 valence electrons. The molecule has 33 heavy (non-hydrogen) atoms. The molecule has 0 radical (unpaired) electrons. The highest BCUT2D eigenvalue weighted by molar-refractivity contribution is 5.81. The van der Waals surface area contributed by atoms with Crippen LogP contribution in [0, 0.1) is 0 Å². The number of hydrogen-bond donors (Lipinski definition) is 2. The van der Waals surface area contributed by atoms with Crippen LogP contribution in [-0.4, -0.2) is 76.1 Å². The van der Waals surface area contributed by atoms with E-state index in [1.807, 2.05) is 18.2 Å². The molecule has 3 fully saturated rings. The van der Waals surface area contributed by atoms with E-state index in [0.717, 1.165) is 57.1 Å². The van der Waals surface area contributed by atoms with Gasteiger partial charge in [-0.15, -0.1) is 0 Å². The third kappa shape index (κ3) is 6.76. The Kier molecular flexibility index (Phi) is 9.11. The van der Waals surface area contributed by atoms with Crippen molar-refractivity contribution in [1.82, 2.24) is 10.6 Å². The Bertz CT molecular complexity index is 761. The Labute approximate surface area is 195 Å². The summed E-state index contributed by atoms with van der Waals surface area (Å²) in [6.45, 7) is 2.94. The second-order valence-corrected chi connectivity index (χ2v) is 9.07. The summed E-state index contributed by atoms with van der Waals surface area (Å²) in [7, 11) is 0. The highest BCUT2D eigenvalue weighted by Gasteiger charge is 2.32. The van der Waals surface area contributed by atoms with E-state index < -0.39 is 6.10 Å². The first kappa shape index (κ1) is 24.1. The van der Waals surface area contributed by atoms with Crippen LogP contribution < -0.4 is 15.4 Å². The fourth-order valence-corrected chi connectivity index (χ4v) is 5.07. The summed E-state index contributed by atoms with van der Waals surface area (Å²) in [4.78, 5) is 23.3. The zero-order valence-electron chi connectivity index (χ0n) is 19.2. The monoisotopic (exact) mass is 460 g/mol. The fraction of sp³-hybridized carbons (Fsp3) is 0.680. The van der Waals surface area contributed by atoms with Crippen molar-refractivity contribution in [3.63, 3.8) is 0 Å². The lowest BCUT2D eigenvalue weighted by molar-refractivity contribution is -0.148. The van der Waals surface area contributed by atoms with Gasteiger partial charge in [-0.1, -0.05) is 18.2 Å². The molecule has 0 aromatic heterocycles. The largest absolute Gasteiger partial charge is 0.486 e. The molecular weight excluding hydrogens is 424 g/mol. The van der Waals surface area contributed by atoms with Gasteiger partial charge in [-0.3, -0.25) is 9.59 Å². The Morgan fingerprint density at radius 3 is 2.79 bits per heavy atom. The van der Waals surface area contributed by atoms with Crippen molar-refractivity contribution in [1.29, 1.82) is 0 Å². The van der Waals surface area contributed by atoms with Crippen LogP contribution in [0.2, 0.25) is 0 Å². The van der Waals surface area contributed by atoms with Crippen LogP contribution in [0.25, 0.3) is 0 Å². The Morgan fingerprint density at radius 1 is 1.15 bits per heavy atom. The summed E-state index contributed by atoms with van der Waals surface area (Å²) in [6.07, 6.45) is 6.49. The number of piperidine rings is 1. The topological polar surface area (TPSA) is 95.1 Å². The van der Waals surface area contributed by atoms with Gasteiger partial charge in [-0.2, -0.15) is 0 Å². The summed E-state index contributed by atoms with van der Waals surface area (Å²) in [5.41, 5.74) is 1.18. The molecule has 8 nitrogen and oxygen atoms in total. The zero-order valence-corrected chi connectivity index (χ0v) is 19.2. The minimum Gasteiger partial charge on any atom is -0.486 e. The van der Waals surface area contributed by atoms with Crippen molar-refractivity contribution in [2.24, 2.45) is 0 Å². The summed E-state index contributed by atoms with van der Waals surface area (Å²) < 4.78 is 22.8. The third-order valence-electron chi connectivity index (χ3n) is 6.87. The molecular formula is C25H36N2O6. The first-order chi connectivity index (χ1) is 16.2. The van der Waals surface area contributed by atoms with Crippen molar-refractivity contribution >= 4 is 12.2 Å². The molecule has 1 aromatic carbocycles. The lowest BCUT2D eigenvalue weighted by Gasteiger charge is -2.36. The predicted molar refractivity (Wildman–Crippen MR) is 122 cm³/mol.